The molecule has 2 aromatic heterocycles. The Bertz CT molecular complexity index is 488. The summed E-state index contributed by atoms with van der Waals surface area (Å²) in [6.45, 7) is 1.88. The lowest BCUT2D eigenvalue weighted by atomic mass is 10.1. The van der Waals surface area contributed by atoms with Gasteiger partial charge in [-0.3, -0.25) is 14.5 Å². The van der Waals surface area contributed by atoms with Gasteiger partial charge in [0.1, 0.15) is 5.69 Å². The van der Waals surface area contributed by atoms with Gasteiger partial charge in [0.25, 0.3) is 0 Å². The molecule has 0 spiro atoms. The molecule has 76 valence electrons. The second-order valence-corrected chi connectivity index (χ2v) is 3.33. The lowest BCUT2D eigenvalue weighted by Gasteiger charge is -1.95. The highest BCUT2D eigenvalue weighted by atomic mass is 16.1. The van der Waals surface area contributed by atoms with Crippen LogP contribution in [0.25, 0.3) is 11.3 Å². The molecule has 2 rings (SSSR count). The summed E-state index contributed by atoms with van der Waals surface area (Å²) in [6, 6.07) is 3.68. The van der Waals surface area contributed by atoms with Gasteiger partial charge in [-0.05, 0) is 19.1 Å². The molecule has 0 unspecified atom stereocenters. The fourth-order valence-electron chi connectivity index (χ4n) is 1.49. The van der Waals surface area contributed by atoms with Crippen LogP contribution in [0.4, 0.5) is 0 Å². The SMILES string of the molecule is Cc1c(C=O)c(-c2ccncc2)nn1C. The summed E-state index contributed by atoms with van der Waals surface area (Å²) in [7, 11) is 1.83. The van der Waals surface area contributed by atoms with E-state index in [2.05, 4.69) is 10.1 Å². The fourth-order valence-corrected chi connectivity index (χ4v) is 1.49. The lowest BCUT2D eigenvalue weighted by molar-refractivity contribution is 0.112. The molecule has 2 aromatic rings. The van der Waals surface area contributed by atoms with Gasteiger partial charge in [-0.1, -0.05) is 0 Å². The van der Waals surface area contributed by atoms with Gasteiger partial charge in [0.15, 0.2) is 6.29 Å². The predicted molar refractivity (Wildman–Crippen MR) is 56.6 cm³/mol. The number of pyridine rings is 1. The normalized spacial score (nSPS) is 10.3. The molecule has 0 amide bonds. The maximum Gasteiger partial charge on any atom is 0.154 e. The van der Waals surface area contributed by atoms with E-state index in [1.165, 1.54) is 0 Å². The minimum atomic E-state index is 0.642. The Kier molecular flexibility index (Phi) is 2.33. The average molecular weight is 201 g/mol. The van der Waals surface area contributed by atoms with Crippen molar-refractivity contribution in [2.75, 3.05) is 0 Å². The maximum atomic E-state index is 11.0. The number of nitrogens with zero attached hydrogens (tertiary/aromatic N) is 3. The van der Waals surface area contributed by atoms with Crippen molar-refractivity contribution in [3.05, 3.63) is 35.8 Å². The summed E-state index contributed by atoms with van der Waals surface area (Å²) >= 11 is 0. The molecule has 0 aliphatic rings. The zero-order valence-electron chi connectivity index (χ0n) is 8.64. The molecule has 15 heavy (non-hydrogen) atoms. The zero-order chi connectivity index (χ0) is 10.8. The molecule has 0 radical (unpaired) electrons. The first-order valence-electron chi connectivity index (χ1n) is 4.63. The monoisotopic (exact) mass is 201 g/mol. The largest absolute Gasteiger partial charge is 0.298 e. The molecule has 0 fully saturated rings. The Morgan fingerprint density at radius 2 is 2.00 bits per heavy atom. The van der Waals surface area contributed by atoms with Crippen molar-refractivity contribution in [2.45, 2.75) is 6.92 Å². The highest BCUT2D eigenvalue weighted by Crippen LogP contribution is 2.22. The van der Waals surface area contributed by atoms with Gasteiger partial charge in [-0.15, -0.1) is 0 Å². The minimum absolute atomic E-state index is 0.642. The van der Waals surface area contributed by atoms with Crippen LogP contribution >= 0.6 is 0 Å². The smallest absolute Gasteiger partial charge is 0.154 e. The third-order valence-electron chi connectivity index (χ3n) is 2.45. The van der Waals surface area contributed by atoms with Crippen molar-refractivity contribution in [3.8, 4) is 11.3 Å². The van der Waals surface area contributed by atoms with Crippen LogP contribution in [0.15, 0.2) is 24.5 Å². The van der Waals surface area contributed by atoms with E-state index in [9.17, 15) is 4.79 Å². The van der Waals surface area contributed by atoms with E-state index in [0.717, 1.165) is 17.5 Å². The van der Waals surface area contributed by atoms with Crippen LogP contribution in [0.3, 0.4) is 0 Å². The minimum Gasteiger partial charge on any atom is -0.298 e. The first-order valence-corrected chi connectivity index (χ1v) is 4.63. The van der Waals surface area contributed by atoms with E-state index in [0.29, 0.717) is 11.3 Å². The van der Waals surface area contributed by atoms with Crippen molar-refractivity contribution in [1.82, 2.24) is 14.8 Å². The third kappa shape index (κ3) is 1.54. The molecule has 0 saturated heterocycles. The average Bonchev–Trinajstić information content (AvgIpc) is 2.56. The van der Waals surface area contributed by atoms with Gasteiger partial charge in [0.05, 0.1) is 5.56 Å². The lowest BCUT2D eigenvalue weighted by Crippen LogP contribution is -1.93. The van der Waals surface area contributed by atoms with E-state index < -0.39 is 0 Å². The standard InChI is InChI=1S/C11H11N3O/c1-8-10(7-15)11(13-14(8)2)9-3-5-12-6-4-9/h3-7H,1-2H3. The van der Waals surface area contributed by atoms with Crippen molar-refractivity contribution in [3.63, 3.8) is 0 Å². The number of aromatic nitrogens is 3. The van der Waals surface area contributed by atoms with Crippen LogP contribution in [0, 0.1) is 6.92 Å². The zero-order valence-corrected chi connectivity index (χ0v) is 8.64. The first-order chi connectivity index (χ1) is 7.24. The highest BCUT2D eigenvalue weighted by molar-refractivity contribution is 5.87. The van der Waals surface area contributed by atoms with Gasteiger partial charge >= 0.3 is 0 Å². The van der Waals surface area contributed by atoms with Crippen LogP contribution < -0.4 is 0 Å². The van der Waals surface area contributed by atoms with Gasteiger partial charge < -0.3 is 0 Å². The molecule has 0 saturated carbocycles. The summed E-state index contributed by atoms with van der Waals surface area (Å²) in [5.41, 5.74) is 3.14. The Hall–Kier alpha value is -1.97. The molecule has 2 heterocycles. The van der Waals surface area contributed by atoms with Crippen LogP contribution in [-0.2, 0) is 7.05 Å². The van der Waals surface area contributed by atoms with Crippen LogP contribution in [-0.4, -0.2) is 21.1 Å². The van der Waals surface area contributed by atoms with Gasteiger partial charge in [0, 0.05) is 30.7 Å². The molecule has 0 atom stereocenters. The molecule has 0 aliphatic carbocycles. The summed E-state index contributed by atoms with van der Waals surface area (Å²) in [4.78, 5) is 14.9. The van der Waals surface area contributed by atoms with Crippen LogP contribution in [0.5, 0.6) is 0 Å². The topological polar surface area (TPSA) is 47.8 Å². The van der Waals surface area contributed by atoms with Crippen molar-refractivity contribution in [2.24, 2.45) is 7.05 Å². The molecular weight excluding hydrogens is 190 g/mol. The Morgan fingerprint density at radius 1 is 1.33 bits per heavy atom. The fraction of sp³-hybridized carbons (Fsp3) is 0.182. The molecular formula is C11H11N3O. The van der Waals surface area contributed by atoms with Gasteiger partial charge in [-0.2, -0.15) is 5.10 Å². The molecule has 4 heteroatoms. The molecule has 0 bridgehead atoms. The predicted octanol–water partition coefficient (Wildman–Crippen LogP) is 1.60. The van der Waals surface area contributed by atoms with Crippen LogP contribution in [0.1, 0.15) is 16.1 Å². The Labute approximate surface area is 87.6 Å². The van der Waals surface area contributed by atoms with Crippen molar-refractivity contribution in [1.29, 1.82) is 0 Å². The maximum absolute atomic E-state index is 11.0. The first kappa shape index (κ1) is 9.58. The van der Waals surface area contributed by atoms with E-state index in [1.54, 1.807) is 17.1 Å². The van der Waals surface area contributed by atoms with E-state index in [1.807, 2.05) is 26.1 Å². The number of carbonyl (C=O) groups excluding carboxylic acids is 1. The summed E-state index contributed by atoms with van der Waals surface area (Å²) in [5.74, 6) is 0. The number of aldehydes is 1. The number of aryl methyl sites for hydroxylation is 1. The van der Waals surface area contributed by atoms with E-state index in [-0.39, 0.29) is 0 Å². The summed E-state index contributed by atoms with van der Waals surface area (Å²) < 4.78 is 1.71. The molecule has 4 nitrogen and oxygen atoms in total. The van der Waals surface area contributed by atoms with Gasteiger partial charge in [-0.25, -0.2) is 0 Å². The second kappa shape index (κ2) is 3.65. The van der Waals surface area contributed by atoms with E-state index >= 15 is 0 Å². The highest BCUT2D eigenvalue weighted by Gasteiger charge is 2.13. The molecule has 0 aliphatic heterocycles. The van der Waals surface area contributed by atoms with E-state index in [4.69, 9.17) is 0 Å². The van der Waals surface area contributed by atoms with Crippen molar-refractivity contribution >= 4 is 6.29 Å². The Balaban J connectivity index is 2.63. The quantitative estimate of drug-likeness (QED) is 0.693. The van der Waals surface area contributed by atoms with Crippen molar-refractivity contribution < 1.29 is 4.79 Å². The second-order valence-electron chi connectivity index (χ2n) is 3.33. The summed E-state index contributed by atoms with van der Waals surface area (Å²) in [5, 5.41) is 4.31. The Morgan fingerprint density at radius 3 is 2.60 bits per heavy atom. The van der Waals surface area contributed by atoms with Crippen LogP contribution in [0.2, 0.25) is 0 Å². The molecule has 0 aromatic carbocycles. The summed E-state index contributed by atoms with van der Waals surface area (Å²) in [6.07, 6.45) is 4.22. The third-order valence-corrected chi connectivity index (χ3v) is 2.45. The number of rotatable bonds is 2. The molecule has 0 N–H and O–H groups in total. The van der Waals surface area contributed by atoms with Gasteiger partial charge in [0.2, 0.25) is 0 Å². The number of hydrogen-bond acceptors (Lipinski definition) is 3. The number of hydrogen-bond donors (Lipinski definition) is 0. The number of carbonyl (C=O) groups is 1.